The molecule has 7 heteroatoms. The predicted octanol–water partition coefficient (Wildman–Crippen LogP) is 0.902. The number of rotatable bonds is 3. The van der Waals surface area contributed by atoms with Gasteiger partial charge >= 0.3 is 0 Å². The zero-order valence-corrected chi connectivity index (χ0v) is 11.8. The SMILES string of the molecule is CS(=O)(=O)N1CCN(c2ccncc2CCl)CC1. The summed E-state index contributed by atoms with van der Waals surface area (Å²) in [6.45, 7) is 2.40. The summed E-state index contributed by atoms with van der Waals surface area (Å²) in [5, 5.41) is 0. The molecule has 2 rings (SSSR count). The summed E-state index contributed by atoms with van der Waals surface area (Å²) in [6.07, 6.45) is 4.74. The van der Waals surface area contributed by atoms with Gasteiger partial charge in [-0.05, 0) is 6.07 Å². The number of piperazine rings is 1. The van der Waals surface area contributed by atoms with E-state index < -0.39 is 10.0 Å². The first kappa shape index (κ1) is 13.6. The fourth-order valence-corrected chi connectivity index (χ4v) is 3.12. The van der Waals surface area contributed by atoms with Crippen LogP contribution in [0, 0.1) is 0 Å². The van der Waals surface area contributed by atoms with Gasteiger partial charge in [0.15, 0.2) is 0 Å². The number of halogens is 1. The average Bonchev–Trinajstić information content (AvgIpc) is 2.38. The Morgan fingerprint density at radius 3 is 2.56 bits per heavy atom. The van der Waals surface area contributed by atoms with Gasteiger partial charge in [0, 0.05) is 49.8 Å². The molecule has 0 radical (unpaired) electrons. The highest BCUT2D eigenvalue weighted by Gasteiger charge is 2.24. The quantitative estimate of drug-likeness (QED) is 0.776. The Morgan fingerprint density at radius 2 is 2.00 bits per heavy atom. The highest BCUT2D eigenvalue weighted by atomic mass is 35.5. The molecule has 1 aromatic rings. The Bertz CT molecular complexity index is 513. The van der Waals surface area contributed by atoms with Gasteiger partial charge < -0.3 is 4.90 Å². The average molecular weight is 290 g/mol. The molecule has 2 heterocycles. The molecule has 1 aliphatic rings. The molecule has 0 aromatic carbocycles. The molecular weight excluding hydrogens is 274 g/mol. The van der Waals surface area contributed by atoms with E-state index in [0.717, 1.165) is 11.3 Å². The van der Waals surface area contributed by atoms with Crippen molar-refractivity contribution in [1.29, 1.82) is 0 Å². The van der Waals surface area contributed by atoms with Gasteiger partial charge in [0.2, 0.25) is 10.0 Å². The van der Waals surface area contributed by atoms with Gasteiger partial charge in [0.25, 0.3) is 0 Å². The Balaban J connectivity index is 2.10. The number of hydrogen-bond donors (Lipinski definition) is 0. The third-order valence-electron chi connectivity index (χ3n) is 3.07. The van der Waals surface area contributed by atoms with E-state index in [1.54, 1.807) is 12.4 Å². The van der Waals surface area contributed by atoms with Crippen LogP contribution in [0.15, 0.2) is 18.5 Å². The van der Waals surface area contributed by atoms with Crippen molar-refractivity contribution in [2.75, 3.05) is 37.3 Å². The first-order valence-electron chi connectivity index (χ1n) is 5.71. The summed E-state index contributed by atoms with van der Waals surface area (Å²) in [7, 11) is -3.08. The number of alkyl halides is 1. The summed E-state index contributed by atoms with van der Waals surface area (Å²) in [5.41, 5.74) is 2.03. The molecule has 0 spiro atoms. The first-order chi connectivity index (χ1) is 8.52. The third kappa shape index (κ3) is 2.93. The van der Waals surface area contributed by atoms with Crippen LogP contribution in [0.25, 0.3) is 0 Å². The normalized spacial score (nSPS) is 18.0. The second-order valence-corrected chi connectivity index (χ2v) is 6.54. The Morgan fingerprint density at radius 1 is 1.33 bits per heavy atom. The van der Waals surface area contributed by atoms with Gasteiger partial charge in [-0.2, -0.15) is 4.31 Å². The first-order valence-corrected chi connectivity index (χ1v) is 8.09. The van der Waals surface area contributed by atoms with Crippen LogP contribution < -0.4 is 4.90 Å². The zero-order chi connectivity index (χ0) is 13.2. The highest BCUT2D eigenvalue weighted by Crippen LogP contribution is 2.22. The maximum Gasteiger partial charge on any atom is 0.211 e. The van der Waals surface area contributed by atoms with E-state index in [2.05, 4.69) is 9.88 Å². The lowest BCUT2D eigenvalue weighted by Gasteiger charge is -2.35. The molecule has 18 heavy (non-hydrogen) atoms. The summed E-state index contributed by atoms with van der Waals surface area (Å²) in [5.74, 6) is 0.412. The second kappa shape index (κ2) is 5.42. The minimum atomic E-state index is -3.08. The van der Waals surface area contributed by atoms with Crippen LogP contribution in [-0.4, -0.2) is 50.1 Å². The Labute approximate surface area is 112 Å². The second-order valence-electron chi connectivity index (χ2n) is 4.29. The van der Waals surface area contributed by atoms with Crippen LogP contribution >= 0.6 is 11.6 Å². The van der Waals surface area contributed by atoms with E-state index in [4.69, 9.17) is 11.6 Å². The smallest absolute Gasteiger partial charge is 0.211 e. The predicted molar refractivity (Wildman–Crippen MR) is 72.4 cm³/mol. The van der Waals surface area contributed by atoms with E-state index in [-0.39, 0.29) is 0 Å². The van der Waals surface area contributed by atoms with Crippen molar-refractivity contribution in [1.82, 2.24) is 9.29 Å². The molecule has 0 atom stereocenters. The van der Waals surface area contributed by atoms with Crippen LogP contribution in [0.3, 0.4) is 0 Å². The molecule has 0 N–H and O–H groups in total. The van der Waals surface area contributed by atoms with Crippen molar-refractivity contribution in [2.24, 2.45) is 0 Å². The van der Waals surface area contributed by atoms with E-state index in [1.807, 2.05) is 6.07 Å². The summed E-state index contributed by atoms with van der Waals surface area (Å²) in [6, 6.07) is 1.92. The van der Waals surface area contributed by atoms with Gasteiger partial charge in [0.05, 0.1) is 12.1 Å². The maximum absolute atomic E-state index is 11.4. The van der Waals surface area contributed by atoms with Crippen molar-refractivity contribution in [2.45, 2.75) is 5.88 Å². The van der Waals surface area contributed by atoms with E-state index in [1.165, 1.54) is 10.6 Å². The van der Waals surface area contributed by atoms with Gasteiger partial charge in [-0.1, -0.05) is 0 Å². The third-order valence-corrected chi connectivity index (χ3v) is 4.66. The summed E-state index contributed by atoms with van der Waals surface area (Å²) >= 11 is 5.88. The Kier molecular flexibility index (Phi) is 4.09. The van der Waals surface area contributed by atoms with Crippen LogP contribution in [-0.2, 0) is 15.9 Å². The van der Waals surface area contributed by atoms with Crippen LogP contribution in [0.1, 0.15) is 5.56 Å². The molecule has 0 aliphatic carbocycles. The van der Waals surface area contributed by atoms with Crippen molar-refractivity contribution >= 4 is 27.3 Å². The van der Waals surface area contributed by atoms with Crippen molar-refractivity contribution in [3.8, 4) is 0 Å². The minimum absolute atomic E-state index is 0.412. The number of hydrogen-bond acceptors (Lipinski definition) is 4. The number of sulfonamides is 1. The summed E-state index contributed by atoms with van der Waals surface area (Å²) < 4.78 is 24.4. The molecule has 0 bridgehead atoms. The topological polar surface area (TPSA) is 53.5 Å². The van der Waals surface area contributed by atoms with Gasteiger partial charge in [0.1, 0.15) is 0 Å². The van der Waals surface area contributed by atoms with E-state index in [0.29, 0.717) is 32.1 Å². The molecule has 1 saturated heterocycles. The van der Waals surface area contributed by atoms with Gasteiger partial charge in [-0.25, -0.2) is 8.42 Å². The standard InChI is InChI=1S/C11H16ClN3O2S/c1-18(16,17)15-6-4-14(5-7-15)11-2-3-13-9-10(11)8-12/h2-3,9H,4-8H2,1H3. The Hall–Kier alpha value is -0.850. The van der Waals surface area contributed by atoms with Crippen LogP contribution in [0.2, 0.25) is 0 Å². The molecule has 0 unspecified atom stereocenters. The molecule has 5 nitrogen and oxygen atoms in total. The van der Waals surface area contributed by atoms with Crippen molar-refractivity contribution < 1.29 is 8.42 Å². The molecule has 0 amide bonds. The molecular formula is C11H16ClN3O2S. The zero-order valence-electron chi connectivity index (χ0n) is 10.2. The minimum Gasteiger partial charge on any atom is -0.369 e. The summed E-state index contributed by atoms with van der Waals surface area (Å²) in [4.78, 5) is 6.20. The van der Waals surface area contributed by atoms with Crippen LogP contribution in [0.5, 0.6) is 0 Å². The molecule has 1 aromatic heterocycles. The fraction of sp³-hybridized carbons (Fsp3) is 0.545. The molecule has 0 saturated carbocycles. The van der Waals surface area contributed by atoms with E-state index in [9.17, 15) is 8.42 Å². The number of pyridine rings is 1. The lowest BCUT2D eigenvalue weighted by Crippen LogP contribution is -2.48. The lowest BCUT2D eigenvalue weighted by atomic mass is 10.2. The number of aromatic nitrogens is 1. The maximum atomic E-state index is 11.4. The van der Waals surface area contributed by atoms with Crippen molar-refractivity contribution in [3.63, 3.8) is 0 Å². The van der Waals surface area contributed by atoms with Gasteiger partial charge in [-0.15, -0.1) is 11.6 Å². The molecule has 100 valence electrons. The monoisotopic (exact) mass is 289 g/mol. The highest BCUT2D eigenvalue weighted by molar-refractivity contribution is 7.88. The number of nitrogens with zero attached hydrogens (tertiary/aromatic N) is 3. The van der Waals surface area contributed by atoms with E-state index >= 15 is 0 Å². The van der Waals surface area contributed by atoms with Gasteiger partial charge in [-0.3, -0.25) is 4.98 Å². The molecule has 1 aliphatic heterocycles. The molecule has 1 fully saturated rings. The lowest BCUT2D eigenvalue weighted by molar-refractivity contribution is 0.388. The van der Waals surface area contributed by atoms with Crippen LogP contribution in [0.4, 0.5) is 5.69 Å². The van der Waals surface area contributed by atoms with Crippen molar-refractivity contribution in [3.05, 3.63) is 24.0 Å². The number of anilines is 1. The largest absolute Gasteiger partial charge is 0.369 e. The fourth-order valence-electron chi connectivity index (χ4n) is 2.09.